The maximum atomic E-state index is 13.1. The van der Waals surface area contributed by atoms with Crippen molar-refractivity contribution in [3.05, 3.63) is 53.2 Å². The minimum Gasteiger partial charge on any atom is -0.439 e. The summed E-state index contributed by atoms with van der Waals surface area (Å²) in [6, 6.07) is 5.42. The SMILES string of the molecule is CCC(N)Cc1cnc(Oc2ccc(F)c(F)c2)c(C)c1. The van der Waals surface area contributed by atoms with Crippen molar-refractivity contribution < 1.29 is 13.5 Å². The van der Waals surface area contributed by atoms with Crippen LogP contribution in [0.2, 0.25) is 0 Å². The number of hydrogen-bond donors (Lipinski definition) is 1. The highest BCUT2D eigenvalue weighted by molar-refractivity contribution is 5.34. The molecule has 0 bridgehead atoms. The van der Waals surface area contributed by atoms with Crippen LogP contribution in [0.25, 0.3) is 0 Å². The lowest BCUT2D eigenvalue weighted by atomic mass is 10.1. The van der Waals surface area contributed by atoms with Crippen LogP contribution in [0.3, 0.4) is 0 Å². The van der Waals surface area contributed by atoms with Gasteiger partial charge in [0.15, 0.2) is 11.6 Å². The van der Waals surface area contributed by atoms with Gasteiger partial charge in [-0.2, -0.15) is 0 Å². The Labute approximate surface area is 122 Å². The molecule has 2 aromatic rings. The van der Waals surface area contributed by atoms with Crippen LogP contribution in [0, 0.1) is 18.6 Å². The van der Waals surface area contributed by atoms with Crippen molar-refractivity contribution in [3.63, 3.8) is 0 Å². The Morgan fingerprint density at radius 2 is 2.00 bits per heavy atom. The maximum Gasteiger partial charge on any atom is 0.222 e. The molecule has 2 rings (SSSR count). The molecule has 0 spiro atoms. The van der Waals surface area contributed by atoms with E-state index in [4.69, 9.17) is 10.5 Å². The molecule has 5 heteroatoms. The van der Waals surface area contributed by atoms with Gasteiger partial charge >= 0.3 is 0 Å². The van der Waals surface area contributed by atoms with E-state index >= 15 is 0 Å². The lowest BCUT2D eigenvalue weighted by Gasteiger charge is -2.11. The van der Waals surface area contributed by atoms with Crippen molar-refractivity contribution in [2.75, 3.05) is 0 Å². The second-order valence-electron chi connectivity index (χ2n) is 5.02. The van der Waals surface area contributed by atoms with Crippen molar-refractivity contribution in [1.29, 1.82) is 0 Å². The molecule has 1 atom stereocenters. The molecule has 21 heavy (non-hydrogen) atoms. The Hall–Kier alpha value is -2.01. The van der Waals surface area contributed by atoms with Gasteiger partial charge in [0.25, 0.3) is 0 Å². The van der Waals surface area contributed by atoms with Gasteiger partial charge in [0.1, 0.15) is 5.75 Å². The molecule has 0 aliphatic rings. The lowest BCUT2D eigenvalue weighted by Crippen LogP contribution is -2.21. The summed E-state index contributed by atoms with van der Waals surface area (Å²) in [5.41, 5.74) is 7.76. The Kier molecular flexibility index (Phi) is 4.85. The summed E-state index contributed by atoms with van der Waals surface area (Å²) >= 11 is 0. The number of benzene rings is 1. The molecule has 0 aliphatic heterocycles. The molecule has 0 amide bonds. The van der Waals surface area contributed by atoms with Crippen molar-refractivity contribution in [3.8, 4) is 11.6 Å². The predicted molar refractivity (Wildman–Crippen MR) is 77.4 cm³/mol. The van der Waals surface area contributed by atoms with Gasteiger partial charge < -0.3 is 10.5 Å². The largest absolute Gasteiger partial charge is 0.439 e. The van der Waals surface area contributed by atoms with Crippen LogP contribution in [0.15, 0.2) is 30.5 Å². The zero-order valence-electron chi connectivity index (χ0n) is 12.1. The van der Waals surface area contributed by atoms with Crippen LogP contribution in [0.5, 0.6) is 11.6 Å². The second-order valence-corrected chi connectivity index (χ2v) is 5.02. The van der Waals surface area contributed by atoms with Crippen molar-refractivity contribution in [2.45, 2.75) is 32.7 Å². The summed E-state index contributed by atoms with van der Waals surface area (Å²) in [6.07, 6.45) is 3.33. The van der Waals surface area contributed by atoms with Crippen molar-refractivity contribution >= 4 is 0 Å². The third kappa shape index (κ3) is 3.98. The fraction of sp³-hybridized carbons (Fsp3) is 0.312. The first kappa shape index (κ1) is 15.4. The van der Waals surface area contributed by atoms with Gasteiger partial charge in [0.2, 0.25) is 5.88 Å². The molecule has 1 heterocycles. The number of aromatic nitrogens is 1. The standard InChI is InChI=1S/C16H18F2N2O/c1-3-12(19)7-11-6-10(2)16(20-9-11)21-13-4-5-14(17)15(18)8-13/h4-6,8-9,12H,3,7,19H2,1-2H3. The molecule has 0 fully saturated rings. The average Bonchev–Trinajstić information content (AvgIpc) is 2.45. The highest BCUT2D eigenvalue weighted by atomic mass is 19.2. The zero-order chi connectivity index (χ0) is 15.4. The van der Waals surface area contributed by atoms with Crippen LogP contribution < -0.4 is 10.5 Å². The monoisotopic (exact) mass is 292 g/mol. The van der Waals surface area contributed by atoms with E-state index in [0.29, 0.717) is 5.88 Å². The van der Waals surface area contributed by atoms with Crippen LogP contribution in [0.4, 0.5) is 8.78 Å². The van der Waals surface area contributed by atoms with Gasteiger partial charge in [-0.3, -0.25) is 0 Å². The van der Waals surface area contributed by atoms with Gasteiger partial charge in [-0.25, -0.2) is 13.8 Å². The summed E-state index contributed by atoms with van der Waals surface area (Å²) in [5.74, 6) is -1.27. The van der Waals surface area contributed by atoms with E-state index in [2.05, 4.69) is 4.98 Å². The summed E-state index contributed by atoms with van der Waals surface area (Å²) in [5, 5.41) is 0. The maximum absolute atomic E-state index is 13.1. The Morgan fingerprint density at radius 1 is 1.24 bits per heavy atom. The second kappa shape index (κ2) is 6.63. The quantitative estimate of drug-likeness (QED) is 0.913. The number of ether oxygens (including phenoxy) is 1. The summed E-state index contributed by atoms with van der Waals surface area (Å²) in [6.45, 7) is 3.88. The van der Waals surface area contributed by atoms with Crippen LogP contribution >= 0.6 is 0 Å². The number of aryl methyl sites for hydroxylation is 1. The topological polar surface area (TPSA) is 48.1 Å². The highest BCUT2D eigenvalue weighted by Crippen LogP contribution is 2.25. The van der Waals surface area contributed by atoms with Crippen LogP contribution in [-0.2, 0) is 6.42 Å². The molecule has 1 unspecified atom stereocenters. The fourth-order valence-corrected chi connectivity index (χ4v) is 1.94. The first-order chi connectivity index (χ1) is 9.99. The van der Waals surface area contributed by atoms with E-state index in [0.717, 1.165) is 36.1 Å². The van der Waals surface area contributed by atoms with E-state index in [-0.39, 0.29) is 11.8 Å². The molecule has 0 aliphatic carbocycles. The van der Waals surface area contributed by atoms with E-state index in [1.807, 2.05) is 19.9 Å². The van der Waals surface area contributed by atoms with Crippen LogP contribution in [0.1, 0.15) is 24.5 Å². The number of nitrogens with two attached hydrogens (primary N) is 1. The molecule has 0 saturated heterocycles. The molecule has 112 valence electrons. The first-order valence-corrected chi connectivity index (χ1v) is 6.83. The van der Waals surface area contributed by atoms with Gasteiger partial charge in [-0.15, -0.1) is 0 Å². The fourth-order valence-electron chi connectivity index (χ4n) is 1.94. The third-order valence-corrected chi connectivity index (χ3v) is 3.21. The molecular weight excluding hydrogens is 274 g/mol. The Balaban J connectivity index is 2.15. The van der Waals surface area contributed by atoms with Gasteiger partial charge in [-0.1, -0.05) is 6.92 Å². The Morgan fingerprint density at radius 3 is 2.62 bits per heavy atom. The number of pyridine rings is 1. The van der Waals surface area contributed by atoms with Crippen molar-refractivity contribution in [1.82, 2.24) is 4.98 Å². The summed E-state index contributed by atoms with van der Waals surface area (Å²) < 4.78 is 31.5. The molecule has 0 saturated carbocycles. The predicted octanol–water partition coefficient (Wildman–Crippen LogP) is 3.74. The minimum absolute atomic E-state index is 0.101. The number of halogens is 2. The molecule has 0 radical (unpaired) electrons. The summed E-state index contributed by atoms with van der Waals surface area (Å²) in [4.78, 5) is 4.22. The van der Waals surface area contributed by atoms with E-state index < -0.39 is 11.6 Å². The van der Waals surface area contributed by atoms with Crippen molar-refractivity contribution in [2.24, 2.45) is 5.73 Å². The van der Waals surface area contributed by atoms with E-state index in [1.165, 1.54) is 6.07 Å². The minimum atomic E-state index is -0.948. The number of nitrogens with zero attached hydrogens (tertiary/aromatic N) is 1. The first-order valence-electron chi connectivity index (χ1n) is 6.83. The molecular formula is C16H18F2N2O. The molecule has 3 nitrogen and oxygen atoms in total. The average molecular weight is 292 g/mol. The van der Waals surface area contributed by atoms with Gasteiger partial charge in [-0.05, 0) is 43.5 Å². The van der Waals surface area contributed by atoms with E-state index in [9.17, 15) is 8.78 Å². The Bertz CT molecular complexity index is 632. The van der Waals surface area contributed by atoms with Gasteiger partial charge in [0, 0.05) is 23.9 Å². The zero-order valence-corrected chi connectivity index (χ0v) is 12.1. The molecule has 2 N–H and O–H groups in total. The number of rotatable bonds is 5. The molecule has 1 aromatic heterocycles. The van der Waals surface area contributed by atoms with Crippen LogP contribution in [-0.4, -0.2) is 11.0 Å². The lowest BCUT2D eigenvalue weighted by molar-refractivity contribution is 0.444. The smallest absolute Gasteiger partial charge is 0.222 e. The summed E-state index contributed by atoms with van der Waals surface area (Å²) in [7, 11) is 0. The number of hydrogen-bond acceptors (Lipinski definition) is 3. The highest BCUT2D eigenvalue weighted by Gasteiger charge is 2.09. The van der Waals surface area contributed by atoms with E-state index in [1.54, 1.807) is 6.20 Å². The van der Waals surface area contributed by atoms with Gasteiger partial charge in [0.05, 0.1) is 0 Å². The molecule has 1 aromatic carbocycles. The third-order valence-electron chi connectivity index (χ3n) is 3.21. The normalized spacial score (nSPS) is 12.2.